The third-order valence-electron chi connectivity index (χ3n) is 2.93. The molecule has 0 amide bonds. The number of halogens is 2. The van der Waals surface area contributed by atoms with E-state index in [2.05, 4.69) is 10.1 Å². The number of hydrogen-bond acceptors (Lipinski definition) is 5. The Hall–Kier alpha value is -2.44. The molecule has 0 atom stereocenters. The first kappa shape index (κ1) is 14.5. The Labute approximate surface area is 134 Å². The fourth-order valence-electron chi connectivity index (χ4n) is 1.88. The Kier molecular flexibility index (Phi) is 3.79. The second kappa shape index (κ2) is 5.75. The van der Waals surface area contributed by atoms with Gasteiger partial charge in [-0.1, -0.05) is 40.5 Å². The molecule has 0 saturated carbocycles. The van der Waals surface area contributed by atoms with Crippen LogP contribution in [0.4, 0.5) is 5.69 Å². The zero-order valence-corrected chi connectivity index (χ0v) is 12.4. The molecule has 0 aliphatic heterocycles. The van der Waals surface area contributed by atoms with Crippen molar-refractivity contribution in [2.45, 2.75) is 0 Å². The first-order valence-electron chi connectivity index (χ1n) is 6.09. The lowest BCUT2D eigenvalue weighted by Gasteiger charge is -1.98. The van der Waals surface area contributed by atoms with Crippen molar-refractivity contribution < 1.29 is 9.45 Å². The molecule has 0 saturated heterocycles. The van der Waals surface area contributed by atoms with Crippen molar-refractivity contribution in [2.24, 2.45) is 0 Å². The van der Waals surface area contributed by atoms with Crippen LogP contribution in [0.3, 0.4) is 0 Å². The van der Waals surface area contributed by atoms with Crippen LogP contribution in [0.25, 0.3) is 22.8 Å². The summed E-state index contributed by atoms with van der Waals surface area (Å²) in [5.74, 6) is 0.477. The van der Waals surface area contributed by atoms with Crippen molar-refractivity contribution in [3.8, 4) is 22.8 Å². The summed E-state index contributed by atoms with van der Waals surface area (Å²) in [6.45, 7) is 0. The highest BCUT2D eigenvalue weighted by molar-refractivity contribution is 6.33. The summed E-state index contributed by atoms with van der Waals surface area (Å²) in [6, 6.07) is 11.1. The molecular weight excluding hydrogens is 329 g/mol. The van der Waals surface area contributed by atoms with Crippen LogP contribution in [0.2, 0.25) is 10.0 Å². The van der Waals surface area contributed by atoms with Crippen LogP contribution >= 0.6 is 23.2 Å². The van der Waals surface area contributed by atoms with Gasteiger partial charge in [0.25, 0.3) is 11.6 Å². The summed E-state index contributed by atoms with van der Waals surface area (Å²) in [6.07, 6.45) is 0. The standard InChI is InChI=1S/C14H7Cl2N3O3/c15-11-4-2-1-3-9(11)13-17-14(22-18-13)10-6-5-8(19(20)21)7-12(10)16/h1-7H. The van der Waals surface area contributed by atoms with Crippen molar-refractivity contribution in [1.82, 2.24) is 10.1 Å². The average Bonchev–Trinajstić information content (AvgIpc) is 2.97. The number of non-ortho nitro benzene ring substituents is 1. The van der Waals surface area contributed by atoms with E-state index >= 15 is 0 Å². The Morgan fingerprint density at radius 2 is 1.82 bits per heavy atom. The predicted molar refractivity (Wildman–Crippen MR) is 81.8 cm³/mol. The van der Waals surface area contributed by atoms with E-state index in [1.54, 1.807) is 24.3 Å². The smallest absolute Gasteiger partial charge is 0.270 e. The van der Waals surface area contributed by atoms with E-state index in [-0.39, 0.29) is 16.6 Å². The molecule has 110 valence electrons. The normalized spacial score (nSPS) is 10.6. The lowest BCUT2D eigenvalue weighted by molar-refractivity contribution is -0.384. The van der Waals surface area contributed by atoms with Crippen molar-refractivity contribution >= 4 is 28.9 Å². The van der Waals surface area contributed by atoms with Crippen LogP contribution < -0.4 is 0 Å². The summed E-state index contributed by atoms with van der Waals surface area (Å²) >= 11 is 12.1. The predicted octanol–water partition coefficient (Wildman–Crippen LogP) is 4.62. The maximum Gasteiger partial charge on any atom is 0.270 e. The van der Waals surface area contributed by atoms with Crippen molar-refractivity contribution in [3.63, 3.8) is 0 Å². The molecule has 0 aliphatic rings. The van der Waals surface area contributed by atoms with Gasteiger partial charge in [-0.15, -0.1) is 0 Å². The molecule has 3 aromatic rings. The molecule has 0 bridgehead atoms. The number of nitrogens with zero attached hydrogens (tertiary/aromatic N) is 3. The Morgan fingerprint density at radius 3 is 2.50 bits per heavy atom. The second-order valence-corrected chi connectivity index (χ2v) is 5.14. The van der Waals surface area contributed by atoms with Crippen molar-refractivity contribution in [2.75, 3.05) is 0 Å². The molecule has 3 rings (SSSR count). The number of benzene rings is 2. The number of rotatable bonds is 3. The largest absolute Gasteiger partial charge is 0.334 e. The van der Waals surface area contributed by atoms with Gasteiger partial charge in [-0.2, -0.15) is 4.98 Å². The van der Waals surface area contributed by atoms with E-state index in [0.29, 0.717) is 22.0 Å². The third-order valence-corrected chi connectivity index (χ3v) is 3.58. The van der Waals surface area contributed by atoms with Crippen LogP contribution in [0.15, 0.2) is 47.0 Å². The van der Waals surface area contributed by atoms with Gasteiger partial charge in [0.2, 0.25) is 5.82 Å². The Balaban J connectivity index is 2.01. The average molecular weight is 336 g/mol. The van der Waals surface area contributed by atoms with E-state index in [4.69, 9.17) is 27.7 Å². The van der Waals surface area contributed by atoms with Crippen LogP contribution in [-0.2, 0) is 0 Å². The molecule has 2 aromatic carbocycles. The quantitative estimate of drug-likeness (QED) is 0.515. The van der Waals surface area contributed by atoms with Gasteiger partial charge in [-0.25, -0.2) is 0 Å². The number of hydrogen-bond donors (Lipinski definition) is 0. The minimum absolute atomic E-state index is 0.111. The molecule has 6 nitrogen and oxygen atoms in total. The van der Waals surface area contributed by atoms with E-state index in [9.17, 15) is 10.1 Å². The maximum absolute atomic E-state index is 10.7. The highest BCUT2D eigenvalue weighted by Gasteiger charge is 2.17. The summed E-state index contributed by atoms with van der Waals surface area (Å²) < 4.78 is 5.17. The van der Waals surface area contributed by atoms with Crippen molar-refractivity contribution in [1.29, 1.82) is 0 Å². The molecule has 0 unspecified atom stereocenters. The van der Waals surface area contributed by atoms with Crippen LogP contribution in [0.1, 0.15) is 0 Å². The SMILES string of the molecule is O=[N+]([O-])c1ccc(-c2nc(-c3ccccc3Cl)no2)c(Cl)c1. The molecule has 1 heterocycles. The highest BCUT2D eigenvalue weighted by atomic mass is 35.5. The Bertz CT molecular complexity index is 864. The lowest BCUT2D eigenvalue weighted by Crippen LogP contribution is -1.89. The first-order valence-corrected chi connectivity index (χ1v) is 6.85. The van der Waals surface area contributed by atoms with Gasteiger partial charge >= 0.3 is 0 Å². The molecular formula is C14H7Cl2N3O3. The van der Waals surface area contributed by atoms with Crippen LogP contribution in [-0.4, -0.2) is 15.1 Å². The van der Waals surface area contributed by atoms with Gasteiger partial charge in [0.1, 0.15) is 0 Å². The van der Waals surface area contributed by atoms with E-state index in [1.807, 2.05) is 0 Å². The molecule has 0 N–H and O–H groups in total. The molecule has 0 spiro atoms. The minimum Gasteiger partial charge on any atom is -0.334 e. The monoisotopic (exact) mass is 335 g/mol. The zero-order chi connectivity index (χ0) is 15.7. The highest BCUT2D eigenvalue weighted by Crippen LogP contribution is 2.32. The van der Waals surface area contributed by atoms with Crippen molar-refractivity contribution in [3.05, 3.63) is 62.6 Å². The fourth-order valence-corrected chi connectivity index (χ4v) is 2.35. The van der Waals surface area contributed by atoms with Crippen LogP contribution in [0.5, 0.6) is 0 Å². The molecule has 0 fully saturated rings. The van der Waals surface area contributed by atoms with E-state index in [0.717, 1.165) is 0 Å². The van der Waals surface area contributed by atoms with Crippen LogP contribution in [0, 0.1) is 10.1 Å². The molecule has 0 radical (unpaired) electrons. The zero-order valence-electron chi connectivity index (χ0n) is 10.9. The lowest BCUT2D eigenvalue weighted by atomic mass is 10.2. The molecule has 22 heavy (non-hydrogen) atoms. The van der Waals surface area contributed by atoms with Gasteiger partial charge in [-0.3, -0.25) is 10.1 Å². The van der Waals surface area contributed by atoms with Gasteiger partial charge < -0.3 is 4.52 Å². The summed E-state index contributed by atoms with van der Waals surface area (Å²) in [7, 11) is 0. The molecule has 8 heteroatoms. The topological polar surface area (TPSA) is 82.1 Å². The van der Waals surface area contributed by atoms with E-state index in [1.165, 1.54) is 18.2 Å². The summed E-state index contributed by atoms with van der Waals surface area (Å²) in [5, 5.41) is 15.2. The summed E-state index contributed by atoms with van der Waals surface area (Å²) in [4.78, 5) is 14.4. The number of nitro benzene ring substituents is 1. The summed E-state index contributed by atoms with van der Waals surface area (Å²) in [5.41, 5.74) is 0.926. The number of aromatic nitrogens is 2. The van der Waals surface area contributed by atoms with Gasteiger partial charge in [0.15, 0.2) is 0 Å². The molecule has 0 aliphatic carbocycles. The van der Waals surface area contributed by atoms with Gasteiger partial charge in [-0.05, 0) is 18.2 Å². The Morgan fingerprint density at radius 1 is 1.05 bits per heavy atom. The first-order chi connectivity index (χ1) is 10.6. The second-order valence-electron chi connectivity index (χ2n) is 4.32. The molecule has 1 aromatic heterocycles. The van der Waals surface area contributed by atoms with E-state index < -0.39 is 4.92 Å². The van der Waals surface area contributed by atoms with Gasteiger partial charge in [0.05, 0.1) is 20.5 Å². The third kappa shape index (κ3) is 2.66. The van der Waals surface area contributed by atoms with Gasteiger partial charge in [0, 0.05) is 17.7 Å². The number of nitro groups is 1. The minimum atomic E-state index is -0.529. The maximum atomic E-state index is 10.7. The fraction of sp³-hybridized carbons (Fsp3) is 0.